The van der Waals surface area contributed by atoms with Crippen molar-refractivity contribution in [3.05, 3.63) is 0 Å². The highest BCUT2D eigenvalue weighted by Gasteiger charge is 2.30. The van der Waals surface area contributed by atoms with Crippen molar-refractivity contribution in [2.75, 3.05) is 39.9 Å². The normalized spacial score (nSPS) is 28.0. The summed E-state index contributed by atoms with van der Waals surface area (Å²) in [6.07, 6.45) is 6.12. The minimum Gasteiger partial charge on any atom is -0.370 e. The van der Waals surface area contributed by atoms with Crippen LogP contribution in [0.4, 0.5) is 0 Å². The van der Waals surface area contributed by atoms with Gasteiger partial charge >= 0.3 is 0 Å². The van der Waals surface area contributed by atoms with Gasteiger partial charge in [0.05, 0.1) is 32.8 Å². The molecule has 1 saturated heterocycles. The minimum atomic E-state index is 0.316. The quantitative estimate of drug-likeness (QED) is 0.471. The lowest BCUT2D eigenvalue weighted by molar-refractivity contribution is -0.917. The third-order valence-corrected chi connectivity index (χ3v) is 4.83. The van der Waals surface area contributed by atoms with Gasteiger partial charge in [-0.2, -0.15) is 0 Å². The van der Waals surface area contributed by atoms with Crippen LogP contribution in [0.15, 0.2) is 15.2 Å². The van der Waals surface area contributed by atoms with Gasteiger partial charge in [0, 0.05) is 6.42 Å². The molecule has 2 unspecified atom stereocenters. The van der Waals surface area contributed by atoms with Gasteiger partial charge in [-0.05, 0) is 18.8 Å². The van der Waals surface area contributed by atoms with Gasteiger partial charge in [-0.15, -0.1) is 0 Å². The Balaban J connectivity index is 1.89. The fourth-order valence-corrected chi connectivity index (χ4v) is 3.33. The topological polar surface area (TPSA) is 70.2 Å². The summed E-state index contributed by atoms with van der Waals surface area (Å²) in [4.78, 5) is 4.42. The molecule has 0 bridgehead atoms. The number of morpholine rings is 1. The van der Waals surface area contributed by atoms with Gasteiger partial charge in [0.25, 0.3) is 0 Å². The van der Waals surface area contributed by atoms with Gasteiger partial charge in [-0.25, -0.2) is 10.4 Å². The monoisotopic (exact) mass is 292 g/mol. The van der Waals surface area contributed by atoms with Crippen molar-refractivity contribution < 1.29 is 9.22 Å². The maximum Gasteiger partial charge on any atom is 0.118 e. The molecule has 0 aromatic rings. The molecule has 2 rings (SSSR count). The van der Waals surface area contributed by atoms with Crippen LogP contribution in [0.25, 0.3) is 0 Å². The van der Waals surface area contributed by atoms with Crippen molar-refractivity contribution in [1.29, 1.82) is 5.41 Å². The van der Waals surface area contributed by atoms with E-state index >= 15 is 0 Å². The van der Waals surface area contributed by atoms with Gasteiger partial charge in [-0.1, -0.05) is 23.0 Å². The van der Waals surface area contributed by atoms with Crippen molar-refractivity contribution in [2.24, 2.45) is 21.1 Å². The van der Waals surface area contributed by atoms with Crippen molar-refractivity contribution in [1.82, 2.24) is 0 Å². The molecule has 0 radical (unpaired) electrons. The van der Waals surface area contributed by atoms with Crippen molar-refractivity contribution >= 4 is 12.0 Å². The fourth-order valence-electron chi connectivity index (χ4n) is 3.33. The zero-order valence-corrected chi connectivity index (χ0v) is 12.9. The Morgan fingerprint density at radius 3 is 2.71 bits per heavy atom. The second-order valence-electron chi connectivity index (χ2n) is 6.34. The SMILES string of the molecule is C[N+]1(CCC2CCCCC2N=C=NN=C=N)CCOCC1. The lowest BCUT2D eigenvalue weighted by Crippen LogP contribution is -2.53. The highest BCUT2D eigenvalue weighted by molar-refractivity contribution is 5.44. The van der Waals surface area contributed by atoms with Gasteiger partial charge in [0.15, 0.2) is 0 Å². The number of hydrogen-bond donors (Lipinski definition) is 1. The lowest BCUT2D eigenvalue weighted by Gasteiger charge is -2.39. The number of likely N-dealkylation sites (N-methyl/N-ethyl adjacent to an activating group) is 1. The molecule has 116 valence electrons. The number of nitrogens with one attached hydrogen (secondary N) is 1. The average Bonchev–Trinajstić information content (AvgIpc) is 2.51. The molecule has 6 nitrogen and oxygen atoms in total. The van der Waals surface area contributed by atoms with Crippen LogP contribution >= 0.6 is 0 Å². The summed E-state index contributed by atoms with van der Waals surface area (Å²) in [5.41, 5.74) is 0. The van der Waals surface area contributed by atoms with E-state index in [1.807, 2.05) is 6.01 Å². The van der Waals surface area contributed by atoms with E-state index in [-0.39, 0.29) is 0 Å². The van der Waals surface area contributed by atoms with E-state index in [2.05, 4.69) is 28.3 Å². The minimum absolute atomic E-state index is 0.316. The standard InChI is InChI=1S/C15H26N5O/c1-20(8-10-21-11-9-20)7-6-14-4-2-3-5-15(14)17-13-19-18-12-16/h14-16H,2-11H2,1H3/q+1. The second-order valence-corrected chi connectivity index (χ2v) is 6.34. The number of ether oxygens (including phenoxy) is 1. The maximum atomic E-state index is 6.66. The number of rotatable bonds is 5. The van der Waals surface area contributed by atoms with Gasteiger partial charge < -0.3 is 9.22 Å². The number of aliphatic imine (C=N–C) groups is 1. The molecule has 6 heteroatoms. The summed E-state index contributed by atoms with van der Waals surface area (Å²) in [6, 6.07) is 4.79. The van der Waals surface area contributed by atoms with E-state index in [1.54, 1.807) is 0 Å². The Labute approximate surface area is 126 Å². The van der Waals surface area contributed by atoms with Crippen LogP contribution in [-0.2, 0) is 4.74 Å². The van der Waals surface area contributed by atoms with E-state index in [9.17, 15) is 0 Å². The first kappa shape index (κ1) is 16.1. The molecular formula is C15H26N5O+. The molecular weight excluding hydrogens is 266 g/mol. The molecule has 0 aromatic heterocycles. The molecule has 2 atom stereocenters. The average molecular weight is 292 g/mol. The predicted molar refractivity (Wildman–Crippen MR) is 82.0 cm³/mol. The molecule has 2 aliphatic rings. The Hall–Kier alpha value is -1.32. The summed E-state index contributed by atoms with van der Waals surface area (Å²) < 4.78 is 6.59. The van der Waals surface area contributed by atoms with E-state index in [0.717, 1.165) is 37.2 Å². The summed E-state index contributed by atoms with van der Waals surface area (Å²) >= 11 is 0. The molecule has 0 spiro atoms. The van der Waals surface area contributed by atoms with Crippen molar-refractivity contribution in [2.45, 2.75) is 38.1 Å². The van der Waals surface area contributed by atoms with E-state index in [1.165, 1.54) is 32.2 Å². The van der Waals surface area contributed by atoms with Gasteiger partial charge in [0.1, 0.15) is 25.1 Å². The van der Waals surface area contributed by atoms with E-state index < -0.39 is 0 Å². The van der Waals surface area contributed by atoms with Crippen LogP contribution in [0.3, 0.4) is 0 Å². The molecule has 1 aliphatic heterocycles. The molecule has 1 N–H and O–H groups in total. The predicted octanol–water partition coefficient (Wildman–Crippen LogP) is 2.25. The highest BCUT2D eigenvalue weighted by Crippen LogP contribution is 2.30. The van der Waals surface area contributed by atoms with Crippen LogP contribution in [0, 0.1) is 11.3 Å². The van der Waals surface area contributed by atoms with E-state index in [4.69, 9.17) is 10.1 Å². The molecule has 0 amide bonds. The first-order valence-electron chi connectivity index (χ1n) is 7.91. The molecule has 1 heterocycles. The van der Waals surface area contributed by atoms with Crippen LogP contribution in [0.2, 0.25) is 0 Å². The van der Waals surface area contributed by atoms with Crippen LogP contribution in [0.1, 0.15) is 32.1 Å². The van der Waals surface area contributed by atoms with Crippen LogP contribution in [-0.4, -0.2) is 62.4 Å². The molecule has 1 aliphatic carbocycles. The molecule has 0 aromatic carbocycles. The summed E-state index contributed by atoms with van der Waals surface area (Å²) in [5.74, 6) is 0.628. The first-order chi connectivity index (χ1) is 10.2. The van der Waals surface area contributed by atoms with Crippen LogP contribution in [0.5, 0.6) is 0 Å². The summed E-state index contributed by atoms with van der Waals surface area (Å²) in [7, 11) is 2.34. The zero-order chi connectivity index (χ0) is 15.0. The number of nitrogens with zero attached hydrogens (tertiary/aromatic N) is 4. The Kier molecular flexibility index (Phi) is 6.27. The van der Waals surface area contributed by atoms with Gasteiger partial charge in [-0.3, -0.25) is 0 Å². The number of quaternary nitrogens is 1. The van der Waals surface area contributed by atoms with Crippen molar-refractivity contribution in [3.8, 4) is 0 Å². The summed E-state index contributed by atoms with van der Waals surface area (Å²) in [5, 5.41) is 13.6. The smallest absolute Gasteiger partial charge is 0.118 e. The number of hydrogen-bond acceptors (Lipinski definition) is 5. The molecule has 2 fully saturated rings. The maximum absolute atomic E-state index is 6.66. The van der Waals surface area contributed by atoms with Crippen LogP contribution < -0.4 is 0 Å². The van der Waals surface area contributed by atoms with E-state index in [0.29, 0.717) is 12.0 Å². The summed E-state index contributed by atoms with van der Waals surface area (Å²) in [6.45, 7) is 5.22. The van der Waals surface area contributed by atoms with Crippen molar-refractivity contribution in [3.63, 3.8) is 0 Å². The largest absolute Gasteiger partial charge is 0.370 e. The fraction of sp³-hybridized carbons (Fsp3) is 0.867. The third kappa shape index (κ3) is 5.18. The van der Waals surface area contributed by atoms with Gasteiger partial charge in [0.2, 0.25) is 0 Å². The Morgan fingerprint density at radius 2 is 1.95 bits per heavy atom. The Morgan fingerprint density at radius 1 is 1.19 bits per heavy atom. The molecule has 1 saturated carbocycles. The zero-order valence-electron chi connectivity index (χ0n) is 12.9. The lowest BCUT2D eigenvalue weighted by atomic mass is 9.82. The first-order valence-corrected chi connectivity index (χ1v) is 7.91. The Bertz CT molecular complexity index is 431. The molecule has 21 heavy (non-hydrogen) atoms. The highest BCUT2D eigenvalue weighted by atomic mass is 16.5. The second kappa shape index (κ2) is 8.20. The third-order valence-electron chi connectivity index (χ3n) is 4.83.